The van der Waals surface area contributed by atoms with Crippen molar-refractivity contribution in [3.8, 4) is 0 Å². The molecule has 24 heteroatoms. The molecule has 1 aliphatic carbocycles. The summed E-state index contributed by atoms with van der Waals surface area (Å²) in [6.45, 7) is 11.1. The average molecular weight is 1980 g/mol. The number of amides is 4. The highest BCUT2D eigenvalue weighted by Crippen LogP contribution is 2.33. The standard InChI is InChI=1S/C22H20ClIN2O.C21H18BrIN2O2.C21H18FIN2O2.C20H22IN3O3/c1-14-4-3-5-16(10-14)13-25-22(27)19-12-17(23)6-8-21(19)26-20-9-7-18(24)11-15(20)2;2*1-14-11-17(23)8-10-19(14)24-20-9-7-16(22)12-18(20)21(26)25-27-13-15-5-3-2-4-6-15;1-13-11-14(21)7-9-18(13)23-19-10-8-16(24(26)27)12-17(19)20(25)22-15-5-3-2-4-6-15/h3-12,26H,13H2,1-2H3,(H,25,27);2*2-12,24H,13H2,1H3,(H,25,26);7-12,15,23H,2-6H2,1H3,(H,22,25). The maximum absolute atomic E-state index is 13.7. The summed E-state index contributed by atoms with van der Waals surface area (Å²) in [6, 6.07) is 70.7. The number of anilines is 8. The van der Waals surface area contributed by atoms with E-state index >= 15 is 0 Å². The summed E-state index contributed by atoms with van der Waals surface area (Å²) in [4.78, 5) is 72.1. The van der Waals surface area contributed by atoms with Gasteiger partial charge in [-0.25, -0.2) is 15.4 Å². The Hall–Kier alpha value is -8.56. The predicted molar refractivity (Wildman–Crippen MR) is 468 cm³/mol. The number of nitro groups is 1. The van der Waals surface area contributed by atoms with Gasteiger partial charge in [-0.1, -0.05) is 137 Å². The zero-order chi connectivity index (χ0) is 77.2. The number of nitrogens with one attached hydrogen (secondary N) is 8. The molecule has 11 aromatic carbocycles. The molecular weight excluding hydrogens is 1900 g/mol. The summed E-state index contributed by atoms with van der Waals surface area (Å²) in [5, 5.41) is 30.9. The van der Waals surface area contributed by atoms with Crippen LogP contribution in [0.3, 0.4) is 0 Å². The second kappa shape index (κ2) is 41.9. The molecule has 0 aliphatic heterocycles. The first kappa shape index (κ1) is 83.5. The molecule has 8 N–H and O–H groups in total. The maximum Gasteiger partial charge on any atom is 0.277 e. The third-order valence-corrected chi connectivity index (χ3v) is 20.3. The lowest BCUT2D eigenvalue weighted by Gasteiger charge is -2.23. The Morgan fingerprint density at radius 1 is 0.454 bits per heavy atom. The molecule has 556 valence electrons. The van der Waals surface area contributed by atoms with Crippen LogP contribution in [-0.2, 0) is 29.4 Å². The lowest BCUT2D eigenvalue weighted by atomic mass is 9.95. The van der Waals surface area contributed by atoms with Gasteiger partial charge in [-0.05, 0) is 310 Å². The molecule has 0 atom stereocenters. The second-order valence-corrected chi connectivity index (χ2v) is 31.6. The van der Waals surface area contributed by atoms with Crippen LogP contribution < -0.4 is 42.9 Å². The zero-order valence-electron chi connectivity index (χ0n) is 59.5. The van der Waals surface area contributed by atoms with Crippen molar-refractivity contribution in [1.29, 1.82) is 0 Å². The van der Waals surface area contributed by atoms with Crippen LogP contribution in [0.1, 0.15) is 118 Å². The molecule has 1 aliphatic rings. The molecule has 0 saturated heterocycles. The Kier molecular flexibility index (Phi) is 32.3. The van der Waals surface area contributed by atoms with Gasteiger partial charge in [-0.2, -0.15) is 0 Å². The quantitative estimate of drug-likeness (QED) is 0.0180. The maximum atomic E-state index is 13.7. The predicted octanol–water partition coefficient (Wildman–Crippen LogP) is 22.9. The SMILES string of the molecule is Cc1cc(I)ccc1Nc1ccc(Br)cc1C(=O)NOCc1ccccc1.Cc1cc(I)ccc1Nc1ccc(F)cc1C(=O)NOCc1ccccc1.Cc1cc(I)ccc1Nc1ccc([N+](=O)[O-])cc1C(=O)NC1CCCCC1.Cc1cccc(CNC(=O)c2cc(Cl)ccc2Nc2ccc(I)cc2C)c1. The van der Waals surface area contributed by atoms with Gasteiger partial charge in [-0.3, -0.25) is 39.0 Å². The third-order valence-electron chi connectivity index (χ3n) is 16.9. The number of rotatable bonds is 22. The van der Waals surface area contributed by atoms with E-state index in [1.165, 1.54) is 43.4 Å². The van der Waals surface area contributed by atoms with Crippen LogP contribution in [0.15, 0.2) is 235 Å². The van der Waals surface area contributed by atoms with Crippen molar-refractivity contribution in [2.24, 2.45) is 0 Å². The van der Waals surface area contributed by atoms with E-state index in [9.17, 15) is 33.7 Å². The highest BCUT2D eigenvalue weighted by molar-refractivity contribution is 14.1. The lowest BCUT2D eigenvalue weighted by molar-refractivity contribution is -0.384. The number of hydroxylamine groups is 2. The Bertz CT molecular complexity index is 4830. The van der Waals surface area contributed by atoms with Gasteiger partial charge in [0.25, 0.3) is 29.3 Å². The van der Waals surface area contributed by atoms with Gasteiger partial charge in [0.15, 0.2) is 0 Å². The van der Waals surface area contributed by atoms with E-state index < -0.39 is 16.6 Å². The van der Waals surface area contributed by atoms with Gasteiger partial charge in [0.1, 0.15) is 5.82 Å². The van der Waals surface area contributed by atoms with Crippen LogP contribution in [0, 0.1) is 64.8 Å². The number of benzene rings is 11. The van der Waals surface area contributed by atoms with E-state index in [2.05, 4.69) is 167 Å². The van der Waals surface area contributed by atoms with Crippen molar-refractivity contribution >= 4 is 193 Å². The molecule has 17 nitrogen and oxygen atoms in total. The van der Waals surface area contributed by atoms with E-state index in [0.29, 0.717) is 51.9 Å². The van der Waals surface area contributed by atoms with Crippen molar-refractivity contribution in [3.05, 3.63) is 337 Å². The molecule has 0 radical (unpaired) electrons. The molecule has 0 spiro atoms. The smallest absolute Gasteiger partial charge is 0.277 e. The average Bonchev–Trinajstić information content (AvgIpc) is 0.827. The van der Waals surface area contributed by atoms with Crippen molar-refractivity contribution in [1.82, 2.24) is 21.6 Å². The number of halogens is 7. The number of carbonyl (C=O) groups excluding carboxylic acids is 4. The summed E-state index contributed by atoms with van der Waals surface area (Å²) in [5.74, 6) is -1.75. The molecule has 1 fully saturated rings. The molecule has 108 heavy (non-hydrogen) atoms. The van der Waals surface area contributed by atoms with Gasteiger partial charge >= 0.3 is 0 Å². The van der Waals surface area contributed by atoms with E-state index in [1.807, 2.05) is 192 Å². The van der Waals surface area contributed by atoms with Gasteiger partial charge in [0.2, 0.25) is 0 Å². The summed E-state index contributed by atoms with van der Waals surface area (Å²) in [5.41, 5.74) is 20.9. The van der Waals surface area contributed by atoms with E-state index in [-0.39, 0.29) is 41.6 Å². The Labute approximate surface area is 696 Å². The van der Waals surface area contributed by atoms with E-state index in [1.54, 1.807) is 30.3 Å². The number of carbonyl (C=O) groups is 4. The highest BCUT2D eigenvalue weighted by atomic mass is 127. The molecule has 12 rings (SSSR count). The van der Waals surface area contributed by atoms with Crippen LogP contribution in [0.25, 0.3) is 0 Å². The largest absolute Gasteiger partial charge is 0.355 e. The van der Waals surface area contributed by atoms with Crippen LogP contribution >= 0.6 is 118 Å². The molecule has 4 amide bonds. The van der Waals surface area contributed by atoms with Crippen LogP contribution in [0.5, 0.6) is 0 Å². The third kappa shape index (κ3) is 26.1. The fraction of sp³-hybridized carbons (Fsp3) is 0.167. The summed E-state index contributed by atoms with van der Waals surface area (Å²) >= 11 is 18.6. The minimum atomic E-state index is -0.518. The van der Waals surface area contributed by atoms with E-state index in [0.717, 1.165) is 105 Å². The minimum absolute atomic E-state index is 0.0892. The molecule has 0 unspecified atom stereocenters. The first-order chi connectivity index (χ1) is 51.9. The Morgan fingerprint density at radius 2 is 0.861 bits per heavy atom. The van der Waals surface area contributed by atoms with Crippen molar-refractivity contribution in [3.63, 3.8) is 0 Å². The van der Waals surface area contributed by atoms with Crippen LogP contribution in [-0.4, -0.2) is 34.6 Å². The van der Waals surface area contributed by atoms with Crippen LogP contribution in [0.2, 0.25) is 5.02 Å². The summed E-state index contributed by atoms with van der Waals surface area (Å²) in [7, 11) is 0. The van der Waals surface area contributed by atoms with Crippen LogP contribution in [0.4, 0.5) is 55.6 Å². The second-order valence-electron chi connectivity index (χ2n) is 25.3. The first-order valence-electron chi connectivity index (χ1n) is 34.3. The normalized spacial score (nSPS) is 11.5. The number of aryl methyl sites for hydroxylation is 5. The molecule has 0 aromatic heterocycles. The van der Waals surface area contributed by atoms with Gasteiger partial charge in [0, 0.05) is 71.2 Å². The zero-order valence-corrected chi connectivity index (χ0v) is 70.5. The minimum Gasteiger partial charge on any atom is -0.355 e. The Balaban J connectivity index is 0.000000166. The molecule has 0 bridgehead atoms. The number of non-ortho nitro benzene ring substituents is 1. The fourth-order valence-corrected chi connectivity index (χ4v) is 14.4. The molecular formula is C84H78BrClFI4N9O8. The summed E-state index contributed by atoms with van der Waals surface area (Å²) < 4.78 is 19.1. The highest BCUT2D eigenvalue weighted by Gasteiger charge is 2.23. The number of nitrogens with zero attached hydrogens (tertiary/aromatic N) is 1. The molecule has 1 saturated carbocycles. The van der Waals surface area contributed by atoms with Crippen molar-refractivity contribution < 1.29 is 38.2 Å². The molecule has 0 heterocycles. The number of hydrogen-bond donors (Lipinski definition) is 8. The first-order valence-corrected chi connectivity index (χ1v) is 39.8. The van der Waals surface area contributed by atoms with Gasteiger partial charge in [0.05, 0.1) is 63.1 Å². The van der Waals surface area contributed by atoms with Crippen molar-refractivity contribution in [2.75, 3.05) is 21.3 Å². The van der Waals surface area contributed by atoms with Crippen molar-refractivity contribution in [2.45, 2.75) is 92.5 Å². The number of nitro benzene ring substituents is 1. The Morgan fingerprint density at radius 3 is 1.31 bits per heavy atom. The van der Waals surface area contributed by atoms with Gasteiger partial charge < -0.3 is 31.9 Å². The summed E-state index contributed by atoms with van der Waals surface area (Å²) in [6.07, 6.45) is 5.32. The lowest BCUT2D eigenvalue weighted by Crippen LogP contribution is -2.36. The van der Waals surface area contributed by atoms with E-state index in [4.69, 9.17) is 21.3 Å². The topological polar surface area (TPSA) is 226 Å². The molecule has 11 aromatic rings. The van der Waals surface area contributed by atoms with Gasteiger partial charge in [-0.15, -0.1) is 0 Å². The fourth-order valence-electron chi connectivity index (χ4n) is 11.3. The monoisotopic (exact) mass is 1980 g/mol. The number of hydrogen-bond acceptors (Lipinski definition) is 12.